The van der Waals surface area contributed by atoms with Gasteiger partial charge in [0.1, 0.15) is 0 Å². The van der Waals surface area contributed by atoms with Gasteiger partial charge in [0.15, 0.2) is 6.08 Å². The van der Waals surface area contributed by atoms with Crippen molar-refractivity contribution in [2.24, 2.45) is 0 Å². The zero-order valence-corrected chi connectivity index (χ0v) is 15.7. The van der Waals surface area contributed by atoms with Crippen LogP contribution in [0.15, 0.2) is 30.9 Å². The molecule has 0 spiro atoms. The molecule has 0 aliphatic carbocycles. The zero-order chi connectivity index (χ0) is 16.5. The predicted octanol–water partition coefficient (Wildman–Crippen LogP) is 4.77. The Labute approximate surface area is 145 Å². The van der Waals surface area contributed by atoms with E-state index in [1.54, 1.807) is 17.8 Å². The highest BCUT2D eigenvalue weighted by Gasteiger charge is 2.20. The van der Waals surface area contributed by atoms with Gasteiger partial charge in [0, 0.05) is 5.75 Å². The van der Waals surface area contributed by atoms with Crippen LogP contribution in [0.1, 0.15) is 25.7 Å². The molecular formula is C18H31O2S2+. The van der Waals surface area contributed by atoms with Crippen LogP contribution >= 0.6 is 23.5 Å². The van der Waals surface area contributed by atoms with Gasteiger partial charge in [-0.3, -0.25) is 0 Å². The minimum Gasteiger partial charge on any atom is -0.373 e. The Balaban J connectivity index is 0.000000322. The molecule has 0 aromatic carbocycles. The van der Waals surface area contributed by atoms with Crippen molar-refractivity contribution in [3.8, 4) is 0 Å². The number of hydrogen-bond acceptors (Lipinski definition) is 4. The molecule has 2 atom stereocenters. The van der Waals surface area contributed by atoms with E-state index in [0.29, 0.717) is 12.2 Å². The van der Waals surface area contributed by atoms with Gasteiger partial charge in [-0.15, -0.1) is 6.58 Å². The van der Waals surface area contributed by atoms with Crippen LogP contribution in [0.5, 0.6) is 0 Å². The summed E-state index contributed by atoms with van der Waals surface area (Å²) in [4.78, 5) is 0. The second kappa shape index (κ2) is 17.1. The topological polar surface area (TPSA) is 25.1 Å². The maximum Gasteiger partial charge on any atom is 0.202 e. The van der Waals surface area contributed by atoms with Gasteiger partial charge in [-0.1, -0.05) is 18.2 Å². The monoisotopic (exact) mass is 343 g/mol. The van der Waals surface area contributed by atoms with Gasteiger partial charge >= 0.3 is 0 Å². The van der Waals surface area contributed by atoms with E-state index < -0.39 is 0 Å². The Kier molecular flexibility index (Phi) is 16.9. The normalized spacial score (nSPS) is 21.1. The lowest BCUT2D eigenvalue weighted by Crippen LogP contribution is -1.81. The lowest BCUT2D eigenvalue weighted by Gasteiger charge is -1.87. The highest BCUT2D eigenvalue weighted by atomic mass is 32.2. The van der Waals surface area contributed by atoms with Crippen LogP contribution in [0, 0.1) is 6.58 Å². The van der Waals surface area contributed by atoms with Gasteiger partial charge in [-0.05, 0) is 38.2 Å². The van der Waals surface area contributed by atoms with Crippen molar-refractivity contribution >= 4 is 23.5 Å². The number of allylic oxidation sites excluding steroid dienone is 2. The van der Waals surface area contributed by atoms with Crippen LogP contribution in [0.25, 0.3) is 0 Å². The molecule has 22 heavy (non-hydrogen) atoms. The summed E-state index contributed by atoms with van der Waals surface area (Å²) in [5.41, 5.74) is 0. The lowest BCUT2D eigenvalue weighted by molar-refractivity contribution is 0.398. The highest BCUT2D eigenvalue weighted by molar-refractivity contribution is 7.98. The first kappa shape index (κ1) is 21.8. The van der Waals surface area contributed by atoms with E-state index >= 15 is 0 Å². The predicted molar refractivity (Wildman–Crippen MR) is 103 cm³/mol. The Hall–Kier alpha value is -0.250. The van der Waals surface area contributed by atoms with Crippen LogP contribution in [0.4, 0.5) is 0 Å². The molecule has 0 saturated carbocycles. The van der Waals surface area contributed by atoms with E-state index in [2.05, 4.69) is 25.0 Å². The van der Waals surface area contributed by atoms with E-state index in [1.165, 1.54) is 19.3 Å². The third-order valence-electron chi connectivity index (χ3n) is 2.85. The average Bonchev–Trinajstić information content (AvgIpc) is 3.41. The quantitative estimate of drug-likeness (QED) is 0.324. The molecule has 2 heterocycles. The maximum absolute atomic E-state index is 5.08. The molecular weight excluding hydrogens is 312 g/mol. The summed E-state index contributed by atoms with van der Waals surface area (Å²) in [6, 6.07) is 0. The Bertz CT molecular complexity index is 285. The van der Waals surface area contributed by atoms with Crippen molar-refractivity contribution in [2.75, 3.05) is 37.2 Å². The van der Waals surface area contributed by atoms with Crippen molar-refractivity contribution in [2.45, 2.75) is 37.9 Å². The van der Waals surface area contributed by atoms with Gasteiger partial charge in [-0.2, -0.15) is 23.5 Å². The van der Waals surface area contributed by atoms with Crippen LogP contribution < -0.4 is 0 Å². The molecule has 4 heteroatoms. The summed E-state index contributed by atoms with van der Waals surface area (Å²) in [6.45, 7) is 10.6. The lowest BCUT2D eigenvalue weighted by atomic mass is 10.2. The number of rotatable bonds is 10. The minimum absolute atomic E-state index is 0.581. The van der Waals surface area contributed by atoms with E-state index in [0.717, 1.165) is 31.1 Å². The number of ether oxygens (including phenoxy) is 2. The highest BCUT2D eigenvalue weighted by Crippen LogP contribution is 2.15. The first-order valence-electron chi connectivity index (χ1n) is 7.78. The second-order valence-electron chi connectivity index (χ2n) is 4.97. The van der Waals surface area contributed by atoms with Crippen molar-refractivity contribution in [3.05, 3.63) is 37.5 Å². The van der Waals surface area contributed by atoms with Crippen molar-refractivity contribution in [3.63, 3.8) is 0 Å². The van der Waals surface area contributed by atoms with Gasteiger partial charge in [0.2, 0.25) is 6.58 Å². The molecule has 2 aliphatic rings. The largest absolute Gasteiger partial charge is 0.373 e. The van der Waals surface area contributed by atoms with Crippen LogP contribution in [0.3, 0.4) is 0 Å². The third-order valence-corrected chi connectivity index (χ3v) is 3.90. The molecule has 126 valence electrons. The average molecular weight is 344 g/mol. The Morgan fingerprint density at radius 3 is 1.91 bits per heavy atom. The first-order chi connectivity index (χ1) is 10.8. The van der Waals surface area contributed by atoms with Gasteiger partial charge in [0.05, 0.1) is 31.2 Å². The molecule has 0 amide bonds. The standard InChI is InChI=1S/C8H14OS.C6H10O.C4H7S/c1-10-6-4-2-3-5-8-7-9-8;1-2-3-4-6-5-7-6;1-3-4-5-2/h2,4,8H,3,5-7H2,1H3;2,6H,1,3-5H2;1,3H,4H2,2H3/q;;+1/b4-2+;;. The summed E-state index contributed by atoms with van der Waals surface area (Å²) in [6.07, 6.45) is 18.0. The molecule has 2 fully saturated rings. The zero-order valence-electron chi connectivity index (χ0n) is 14.0. The summed E-state index contributed by atoms with van der Waals surface area (Å²) in [5.74, 6) is 2.10. The summed E-state index contributed by atoms with van der Waals surface area (Å²) in [7, 11) is 0. The number of epoxide rings is 2. The number of hydrogen-bond donors (Lipinski definition) is 0. The molecule has 0 radical (unpaired) electrons. The van der Waals surface area contributed by atoms with Crippen LogP contribution in [-0.2, 0) is 9.47 Å². The molecule has 2 rings (SSSR count). The Morgan fingerprint density at radius 1 is 1.00 bits per heavy atom. The minimum atomic E-state index is 0.581. The van der Waals surface area contributed by atoms with E-state index in [9.17, 15) is 0 Å². The molecule has 2 saturated heterocycles. The number of thioether (sulfide) groups is 2. The maximum atomic E-state index is 5.08. The Morgan fingerprint density at radius 2 is 1.55 bits per heavy atom. The third kappa shape index (κ3) is 19.8. The molecule has 0 aromatic rings. The van der Waals surface area contributed by atoms with E-state index in [4.69, 9.17) is 16.1 Å². The molecule has 2 nitrogen and oxygen atoms in total. The summed E-state index contributed by atoms with van der Waals surface area (Å²) >= 11 is 3.58. The smallest absolute Gasteiger partial charge is 0.202 e. The van der Waals surface area contributed by atoms with Gasteiger partial charge < -0.3 is 9.47 Å². The molecule has 2 aliphatic heterocycles. The van der Waals surface area contributed by atoms with Crippen LogP contribution in [0.2, 0.25) is 0 Å². The van der Waals surface area contributed by atoms with E-state index in [1.807, 2.05) is 24.1 Å². The van der Waals surface area contributed by atoms with Crippen molar-refractivity contribution < 1.29 is 9.47 Å². The summed E-state index contributed by atoms with van der Waals surface area (Å²) in [5, 5.41) is 0. The molecule has 2 unspecified atom stereocenters. The van der Waals surface area contributed by atoms with Crippen molar-refractivity contribution in [1.82, 2.24) is 0 Å². The second-order valence-corrected chi connectivity index (χ2v) is 6.79. The first-order valence-corrected chi connectivity index (χ1v) is 10.6. The molecule has 0 aromatic heterocycles. The van der Waals surface area contributed by atoms with Gasteiger partial charge in [0.25, 0.3) is 0 Å². The van der Waals surface area contributed by atoms with Gasteiger partial charge in [-0.25, -0.2) is 0 Å². The fourth-order valence-corrected chi connectivity index (χ4v) is 1.95. The van der Waals surface area contributed by atoms with Crippen molar-refractivity contribution in [1.29, 1.82) is 0 Å². The fourth-order valence-electron chi connectivity index (χ4n) is 1.43. The SMILES string of the molecule is C=CCCC1CO1.CSC/C=C/CCC1CO1.[CH+]=CCSC. The molecule has 0 N–H and O–H groups in total. The van der Waals surface area contributed by atoms with Crippen LogP contribution in [-0.4, -0.2) is 49.4 Å². The van der Waals surface area contributed by atoms with E-state index in [-0.39, 0.29) is 0 Å². The summed E-state index contributed by atoms with van der Waals surface area (Å²) < 4.78 is 10.0. The fraction of sp³-hybridized carbons (Fsp3) is 0.667. The molecule has 0 bridgehead atoms.